The SMILES string of the molecule is CCOC(=O)Nc1ccc(N2CCC(N(C(C)=O)c3c[nH]c4ccccc34)CC2)nc1N. The van der Waals surface area contributed by atoms with Crippen molar-refractivity contribution in [2.45, 2.75) is 32.7 Å². The Hall–Kier alpha value is -3.75. The number of pyridine rings is 1. The summed E-state index contributed by atoms with van der Waals surface area (Å²) in [6.07, 6.45) is 2.97. The third kappa shape index (κ3) is 4.32. The Morgan fingerprint density at radius 3 is 2.69 bits per heavy atom. The van der Waals surface area contributed by atoms with Crippen LogP contribution in [-0.2, 0) is 9.53 Å². The zero-order chi connectivity index (χ0) is 22.7. The molecule has 0 radical (unpaired) electrons. The van der Waals surface area contributed by atoms with Gasteiger partial charge in [-0.1, -0.05) is 18.2 Å². The van der Waals surface area contributed by atoms with Gasteiger partial charge in [0.2, 0.25) is 5.91 Å². The number of nitrogens with zero attached hydrogens (tertiary/aromatic N) is 3. The molecule has 0 unspecified atom stereocenters. The summed E-state index contributed by atoms with van der Waals surface area (Å²) in [6, 6.07) is 11.7. The number of benzene rings is 1. The van der Waals surface area contributed by atoms with Crippen LogP contribution in [0.1, 0.15) is 26.7 Å². The number of nitrogens with two attached hydrogens (primary N) is 1. The van der Waals surface area contributed by atoms with Gasteiger partial charge in [-0.3, -0.25) is 10.1 Å². The van der Waals surface area contributed by atoms with Crippen molar-refractivity contribution in [3.05, 3.63) is 42.6 Å². The van der Waals surface area contributed by atoms with E-state index < -0.39 is 6.09 Å². The van der Waals surface area contributed by atoms with Crippen LogP contribution in [0.5, 0.6) is 0 Å². The van der Waals surface area contributed by atoms with Gasteiger partial charge in [-0.05, 0) is 38.0 Å². The molecule has 0 saturated carbocycles. The molecular formula is C23H28N6O3. The molecule has 32 heavy (non-hydrogen) atoms. The fraction of sp³-hybridized carbons (Fsp3) is 0.348. The molecule has 9 nitrogen and oxygen atoms in total. The van der Waals surface area contributed by atoms with E-state index >= 15 is 0 Å². The van der Waals surface area contributed by atoms with Crippen molar-refractivity contribution in [1.29, 1.82) is 0 Å². The average Bonchev–Trinajstić information content (AvgIpc) is 3.20. The summed E-state index contributed by atoms with van der Waals surface area (Å²) in [6.45, 7) is 5.12. The van der Waals surface area contributed by atoms with Crippen molar-refractivity contribution in [2.75, 3.05) is 40.5 Å². The van der Waals surface area contributed by atoms with Gasteiger partial charge >= 0.3 is 6.09 Å². The normalized spacial score (nSPS) is 14.4. The molecule has 4 rings (SSSR count). The average molecular weight is 437 g/mol. The molecule has 2 aromatic heterocycles. The minimum absolute atomic E-state index is 0.0324. The molecule has 0 spiro atoms. The van der Waals surface area contributed by atoms with E-state index in [1.165, 1.54) is 0 Å². The Kier molecular flexibility index (Phi) is 6.16. The Labute approximate surface area is 186 Å². The number of aromatic nitrogens is 2. The molecule has 0 atom stereocenters. The smallest absolute Gasteiger partial charge is 0.411 e. The fourth-order valence-electron chi connectivity index (χ4n) is 4.26. The van der Waals surface area contributed by atoms with E-state index in [-0.39, 0.29) is 24.4 Å². The predicted octanol–water partition coefficient (Wildman–Crippen LogP) is 3.74. The van der Waals surface area contributed by atoms with Crippen LogP contribution in [0.25, 0.3) is 10.9 Å². The van der Waals surface area contributed by atoms with Crippen molar-refractivity contribution in [3.8, 4) is 0 Å². The summed E-state index contributed by atoms with van der Waals surface area (Å²) in [5.41, 5.74) is 8.40. The minimum Gasteiger partial charge on any atom is -0.450 e. The zero-order valence-electron chi connectivity index (χ0n) is 18.3. The van der Waals surface area contributed by atoms with Crippen LogP contribution in [0.2, 0.25) is 0 Å². The van der Waals surface area contributed by atoms with E-state index in [0.717, 1.165) is 48.3 Å². The predicted molar refractivity (Wildman–Crippen MR) is 126 cm³/mol. The number of rotatable bonds is 5. The lowest BCUT2D eigenvalue weighted by atomic mass is 10.0. The number of anilines is 4. The number of aromatic amines is 1. The van der Waals surface area contributed by atoms with Crippen LogP contribution < -0.4 is 20.9 Å². The quantitative estimate of drug-likeness (QED) is 0.561. The lowest BCUT2D eigenvalue weighted by Crippen LogP contribution is -2.47. The van der Waals surface area contributed by atoms with Gasteiger partial charge in [0.05, 0.1) is 18.0 Å². The first-order chi connectivity index (χ1) is 15.5. The second-order valence-electron chi connectivity index (χ2n) is 7.77. The number of ether oxygens (including phenoxy) is 1. The number of para-hydroxylation sites is 1. The zero-order valence-corrected chi connectivity index (χ0v) is 18.3. The maximum absolute atomic E-state index is 12.6. The molecule has 1 aliphatic heterocycles. The molecule has 3 heterocycles. The Morgan fingerprint density at radius 1 is 1.25 bits per heavy atom. The summed E-state index contributed by atoms with van der Waals surface area (Å²) < 4.78 is 4.88. The third-order valence-electron chi connectivity index (χ3n) is 5.74. The molecule has 3 aromatic rings. The Bertz CT molecular complexity index is 1120. The van der Waals surface area contributed by atoms with Gasteiger partial charge in [-0.2, -0.15) is 0 Å². The van der Waals surface area contributed by atoms with E-state index in [4.69, 9.17) is 10.5 Å². The van der Waals surface area contributed by atoms with Crippen LogP contribution in [0.3, 0.4) is 0 Å². The van der Waals surface area contributed by atoms with E-state index in [9.17, 15) is 9.59 Å². The maximum Gasteiger partial charge on any atom is 0.411 e. The summed E-state index contributed by atoms with van der Waals surface area (Å²) in [4.78, 5) is 36.0. The summed E-state index contributed by atoms with van der Waals surface area (Å²) in [7, 11) is 0. The third-order valence-corrected chi connectivity index (χ3v) is 5.74. The van der Waals surface area contributed by atoms with Crippen molar-refractivity contribution in [3.63, 3.8) is 0 Å². The standard InChI is InChI=1S/C23H28N6O3/c1-3-32-23(31)26-19-8-9-21(27-22(19)24)28-12-10-16(11-13-28)29(15(2)30)20-14-25-18-7-5-4-6-17(18)20/h4-9,14,16,25H,3,10-13H2,1-2H3,(H2,24,27)(H,26,31). The number of piperidine rings is 1. The number of hydrogen-bond donors (Lipinski definition) is 3. The highest BCUT2D eigenvalue weighted by molar-refractivity contribution is 6.02. The highest BCUT2D eigenvalue weighted by atomic mass is 16.5. The molecule has 1 aliphatic rings. The molecule has 1 fully saturated rings. The molecule has 2 amide bonds. The number of nitrogens with one attached hydrogen (secondary N) is 2. The summed E-state index contributed by atoms with van der Waals surface area (Å²) in [5.74, 6) is 1.02. The van der Waals surface area contributed by atoms with E-state index in [1.54, 1.807) is 19.9 Å². The topological polar surface area (TPSA) is 117 Å². The van der Waals surface area contributed by atoms with Crippen LogP contribution >= 0.6 is 0 Å². The molecule has 1 saturated heterocycles. The number of hydrogen-bond acceptors (Lipinski definition) is 6. The number of nitrogen functional groups attached to an aromatic ring is 1. The fourth-order valence-corrected chi connectivity index (χ4v) is 4.26. The van der Waals surface area contributed by atoms with Crippen LogP contribution in [0.15, 0.2) is 42.6 Å². The minimum atomic E-state index is -0.559. The molecule has 4 N–H and O–H groups in total. The molecule has 1 aromatic carbocycles. The lowest BCUT2D eigenvalue weighted by molar-refractivity contribution is -0.117. The first-order valence-electron chi connectivity index (χ1n) is 10.8. The van der Waals surface area contributed by atoms with Gasteiger partial charge in [0, 0.05) is 43.2 Å². The molecule has 9 heteroatoms. The molecular weight excluding hydrogens is 408 g/mol. The van der Waals surface area contributed by atoms with Crippen molar-refractivity contribution < 1.29 is 14.3 Å². The number of amides is 2. The molecule has 0 bridgehead atoms. The van der Waals surface area contributed by atoms with Gasteiger partial charge in [-0.25, -0.2) is 9.78 Å². The number of fused-ring (bicyclic) bond motifs is 1. The van der Waals surface area contributed by atoms with E-state index in [2.05, 4.69) is 20.2 Å². The number of carbonyl (C=O) groups excluding carboxylic acids is 2. The highest BCUT2D eigenvalue weighted by Crippen LogP contribution is 2.32. The van der Waals surface area contributed by atoms with Gasteiger partial charge in [-0.15, -0.1) is 0 Å². The van der Waals surface area contributed by atoms with E-state index in [1.807, 2.05) is 41.4 Å². The first kappa shape index (κ1) is 21.5. The highest BCUT2D eigenvalue weighted by Gasteiger charge is 2.29. The van der Waals surface area contributed by atoms with Crippen molar-refractivity contribution in [2.24, 2.45) is 0 Å². The Balaban J connectivity index is 1.45. The van der Waals surface area contributed by atoms with Gasteiger partial charge in [0.15, 0.2) is 0 Å². The van der Waals surface area contributed by atoms with Crippen LogP contribution in [0, 0.1) is 0 Å². The van der Waals surface area contributed by atoms with Crippen LogP contribution in [0.4, 0.5) is 27.8 Å². The van der Waals surface area contributed by atoms with Gasteiger partial charge < -0.3 is 25.3 Å². The van der Waals surface area contributed by atoms with Gasteiger partial charge in [0.1, 0.15) is 11.6 Å². The van der Waals surface area contributed by atoms with E-state index in [0.29, 0.717) is 5.69 Å². The summed E-state index contributed by atoms with van der Waals surface area (Å²) in [5, 5.41) is 3.64. The largest absolute Gasteiger partial charge is 0.450 e. The monoisotopic (exact) mass is 436 g/mol. The van der Waals surface area contributed by atoms with Crippen LogP contribution in [-0.4, -0.2) is 47.7 Å². The van der Waals surface area contributed by atoms with Gasteiger partial charge in [0.25, 0.3) is 0 Å². The lowest BCUT2D eigenvalue weighted by Gasteiger charge is -2.38. The van der Waals surface area contributed by atoms with Crippen molar-refractivity contribution in [1.82, 2.24) is 9.97 Å². The van der Waals surface area contributed by atoms with Crippen molar-refractivity contribution >= 4 is 45.9 Å². The number of H-pyrrole nitrogens is 1. The second kappa shape index (κ2) is 9.17. The second-order valence-corrected chi connectivity index (χ2v) is 7.77. The first-order valence-corrected chi connectivity index (χ1v) is 10.8. The summed E-state index contributed by atoms with van der Waals surface area (Å²) >= 11 is 0. The molecule has 0 aliphatic carbocycles. The Morgan fingerprint density at radius 2 is 2.00 bits per heavy atom. The maximum atomic E-state index is 12.6. The molecule has 168 valence electrons. The number of carbonyl (C=O) groups is 2.